The maximum atomic E-state index is 11.8. The van der Waals surface area contributed by atoms with Crippen molar-refractivity contribution in [1.82, 2.24) is 20.0 Å². The van der Waals surface area contributed by atoms with Gasteiger partial charge in [0.1, 0.15) is 23.5 Å². The molecule has 0 unspecified atom stereocenters. The van der Waals surface area contributed by atoms with Gasteiger partial charge in [-0.1, -0.05) is 6.92 Å². The van der Waals surface area contributed by atoms with Gasteiger partial charge >= 0.3 is 0 Å². The number of benzene rings is 1. The van der Waals surface area contributed by atoms with Gasteiger partial charge in [-0.15, -0.1) is 0 Å². The number of primary amides is 1. The molecule has 9 nitrogen and oxygen atoms in total. The molecular weight excluding hydrogens is 360 g/mol. The van der Waals surface area contributed by atoms with Gasteiger partial charge in [0.25, 0.3) is 0 Å². The number of anilines is 1. The number of ether oxygens (including phenoxy) is 2. The Morgan fingerprint density at radius 3 is 2.71 bits per heavy atom. The van der Waals surface area contributed by atoms with Crippen molar-refractivity contribution >= 4 is 22.9 Å². The lowest BCUT2D eigenvalue weighted by molar-refractivity contribution is -0.137. The molecule has 2 aromatic rings. The van der Waals surface area contributed by atoms with E-state index in [-0.39, 0.29) is 5.41 Å². The summed E-state index contributed by atoms with van der Waals surface area (Å²) >= 11 is 0. The van der Waals surface area contributed by atoms with E-state index in [1.54, 1.807) is 12.1 Å². The van der Waals surface area contributed by atoms with Crippen molar-refractivity contribution in [3.8, 4) is 5.75 Å². The molecule has 0 atom stereocenters. The lowest BCUT2D eigenvalue weighted by Crippen LogP contribution is -2.55. The zero-order chi connectivity index (χ0) is 20.1. The highest BCUT2D eigenvalue weighted by atomic mass is 16.5. The average Bonchev–Trinajstić information content (AvgIpc) is 2.82. The number of aromatic nitrogens is 2. The monoisotopic (exact) mass is 388 g/mol. The van der Waals surface area contributed by atoms with E-state index >= 15 is 0 Å². The molecule has 0 saturated carbocycles. The lowest BCUT2D eigenvalue weighted by Gasteiger charge is -2.41. The fraction of sp³-hybridized carbons (Fsp3) is 0.579. The molecule has 1 saturated heterocycles. The second kappa shape index (κ2) is 6.61. The number of hydrogen-bond donors (Lipinski definition) is 3. The molecule has 0 radical (unpaired) electrons. The molecule has 2 aliphatic heterocycles. The Morgan fingerprint density at radius 1 is 1.39 bits per heavy atom. The minimum atomic E-state index is -0.496. The zero-order valence-corrected chi connectivity index (χ0v) is 16.8. The summed E-state index contributed by atoms with van der Waals surface area (Å²) < 4.78 is 13.7. The first kappa shape index (κ1) is 19.0. The zero-order valence-electron chi connectivity index (χ0n) is 16.8. The number of nitrogens with one attached hydrogen (secondary N) is 2. The summed E-state index contributed by atoms with van der Waals surface area (Å²) in [5.41, 5.74) is 10.2. The van der Waals surface area contributed by atoms with Crippen LogP contribution in [0.15, 0.2) is 12.1 Å². The fourth-order valence-corrected chi connectivity index (χ4v) is 4.08. The summed E-state index contributed by atoms with van der Waals surface area (Å²) in [6.45, 7) is 9.63. The van der Waals surface area contributed by atoms with Crippen molar-refractivity contribution in [2.75, 3.05) is 38.7 Å². The van der Waals surface area contributed by atoms with Gasteiger partial charge in [0.15, 0.2) is 0 Å². The molecule has 1 aromatic heterocycles. The molecule has 152 valence electrons. The molecule has 4 rings (SSSR count). The number of carbonyl (C=O) groups excluding carboxylic acids is 1. The van der Waals surface area contributed by atoms with E-state index in [1.165, 1.54) is 0 Å². The quantitative estimate of drug-likeness (QED) is 0.503. The van der Waals surface area contributed by atoms with E-state index in [1.807, 2.05) is 7.05 Å². The first-order valence-corrected chi connectivity index (χ1v) is 9.56. The van der Waals surface area contributed by atoms with Crippen LogP contribution < -0.4 is 21.2 Å². The third kappa shape index (κ3) is 2.99. The molecule has 1 amide bonds. The third-order valence-electron chi connectivity index (χ3n) is 5.61. The molecule has 9 heteroatoms. The van der Waals surface area contributed by atoms with Crippen LogP contribution in [-0.2, 0) is 11.3 Å². The van der Waals surface area contributed by atoms with Crippen LogP contribution in [0, 0.1) is 5.41 Å². The van der Waals surface area contributed by atoms with Gasteiger partial charge in [0.2, 0.25) is 11.9 Å². The fourth-order valence-electron chi connectivity index (χ4n) is 4.08. The van der Waals surface area contributed by atoms with Gasteiger partial charge < -0.3 is 25.1 Å². The summed E-state index contributed by atoms with van der Waals surface area (Å²) in [6, 6.07) is 3.44. The summed E-state index contributed by atoms with van der Waals surface area (Å²) in [5.74, 6) is 0.868. The van der Waals surface area contributed by atoms with Gasteiger partial charge in [-0.3, -0.25) is 10.2 Å². The average molecular weight is 388 g/mol. The molecule has 4 N–H and O–H groups in total. The Balaban J connectivity index is 1.83. The Bertz CT molecular complexity index is 914. The highest BCUT2D eigenvalue weighted by Gasteiger charge is 2.43. The van der Waals surface area contributed by atoms with E-state index in [0.29, 0.717) is 36.7 Å². The van der Waals surface area contributed by atoms with Gasteiger partial charge in [0, 0.05) is 18.7 Å². The molecule has 28 heavy (non-hydrogen) atoms. The van der Waals surface area contributed by atoms with Crippen molar-refractivity contribution < 1.29 is 14.3 Å². The summed E-state index contributed by atoms with van der Waals surface area (Å²) in [5, 5.41) is 5.64. The van der Waals surface area contributed by atoms with E-state index in [2.05, 4.69) is 41.1 Å². The Labute approximate surface area is 164 Å². The van der Waals surface area contributed by atoms with Gasteiger partial charge in [0.05, 0.1) is 24.1 Å². The van der Waals surface area contributed by atoms with E-state index in [4.69, 9.17) is 20.2 Å². The molecule has 2 aliphatic rings. The molecule has 0 bridgehead atoms. The molecule has 3 heterocycles. The molecule has 1 fully saturated rings. The predicted molar refractivity (Wildman–Crippen MR) is 106 cm³/mol. The number of hydrogen-bond acceptors (Lipinski definition) is 7. The largest absolute Gasteiger partial charge is 0.490 e. The maximum absolute atomic E-state index is 11.8. The van der Waals surface area contributed by atoms with Crippen LogP contribution in [-0.4, -0.2) is 59.5 Å². The van der Waals surface area contributed by atoms with Gasteiger partial charge in [-0.25, -0.2) is 9.99 Å². The molecule has 1 spiro atoms. The third-order valence-corrected chi connectivity index (χ3v) is 5.61. The van der Waals surface area contributed by atoms with Crippen molar-refractivity contribution in [3.05, 3.63) is 17.7 Å². The van der Waals surface area contributed by atoms with Crippen LogP contribution in [0.2, 0.25) is 0 Å². The van der Waals surface area contributed by atoms with Crippen LogP contribution >= 0.6 is 0 Å². The van der Waals surface area contributed by atoms with Crippen molar-refractivity contribution in [2.24, 2.45) is 11.1 Å². The van der Waals surface area contributed by atoms with Crippen LogP contribution in [0.5, 0.6) is 5.75 Å². The first-order chi connectivity index (χ1) is 13.3. The predicted octanol–water partition coefficient (Wildman–Crippen LogP) is 1.15. The number of carbonyl (C=O) groups is 1. The number of hydrazine groups is 1. The number of imidazole rings is 1. The van der Waals surface area contributed by atoms with Crippen LogP contribution in [0.25, 0.3) is 11.0 Å². The lowest BCUT2D eigenvalue weighted by atomic mass is 9.87. The van der Waals surface area contributed by atoms with E-state index < -0.39 is 11.6 Å². The van der Waals surface area contributed by atoms with Crippen LogP contribution in [0.3, 0.4) is 0 Å². The van der Waals surface area contributed by atoms with E-state index in [9.17, 15) is 4.79 Å². The summed E-state index contributed by atoms with van der Waals surface area (Å²) in [7, 11) is 1.90. The standard InChI is InChI=1S/C19H28N6O3/c1-5-25(21-4)18(2,3)23-17-22-13-6-12(16(20)26)7-14-15(13)24(17)8-19(11-28-14)9-27-10-19/h6-7,21H,5,8-11H2,1-4H3,(H2,20,26)(H,22,23). The van der Waals surface area contributed by atoms with Crippen molar-refractivity contribution in [1.29, 1.82) is 0 Å². The van der Waals surface area contributed by atoms with Crippen LogP contribution in [0.1, 0.15) is 31.1 Å². The molecule has 0 aliphatic carbocycles. The highest BCUT2D eigenvalue weighted by Crippen LogP contribution is 2.40. The first-order valence-electron chi connectivity index (χ1n) is 9.56. The number of amides is 1. The normalized spacial score (nSPS) is 18.0. The molecular formula is C19H28N6O3. The second-order valence-corrected chi connectivity index (χ2v) is 8.16. The second-order valence-electron chi connectivity index (χ2n) is 8.16. The maximum Gasteiger partial charge on any atom is 0.248 e. The topological polar surface area (TPSA) is 107 Å². The number of nitrogens with two attached hydrogens (primary N) is 1. The summed E-state index contributed by atoms with van der Waals surface area (Å²) in [6.07, 6.45) is 0. The van der Waals surface area contributed by atoms with Crippen LogP contribution in [0.4, 0.5) is 5.95 Å². The van der Waals surface area contributed by atoms with Gasteiger partial charge in [-0.05, 0) is 33.0 Å². The van der Waals surface area contributed by atoms with Crippen molar-refractivity contribution in [3.63, 3.8) is 0 Å². The minimum absolute atomic E-state index is 0.0897. The Kier molecular flexibility index (Phi) is 4.48. The minimum Gasteiger partial charge on any atom is -0.490 e. The molecule has 1 aromatic carbocycles. The van der Waals surface area contributed by atoms with Gasteiger partial charge in [-0.2, -0.15) is 0 Å². The summed E-state index contributed by atoms with van der Waals surface area (Å²) in [4.78, 5) is 16.6. The Hall–Kier alpha value is -2.36. The Morgan fingerprint density at radius 2 is 2.14 bits per heavy atom. The number of nitrogens with zero attached hydrogens (tertiary/aromatic N) is 3. The highest BCUT2D eigenvalue weighted by molar-refractivity contribution is 5.99. The number of rotatable bonds is 6. The van der Waals surface area contributed by atoms with E-state index in [0.717, 1.165) is 24.6 Å². The van der Waals surface area contributed by atoms with Crippen molar-refractivity contribution in [2.45, 2.75) is 33.0 Å². The SMILES string of the molecule is CCN(NC)C(C)(C)Nc1nc2cc(C(N)=O)cc3c2n1CC1(COC1)CO3. The smallest absolute Gasteiger partial charge is 0.248 e.